The summed E-state index contributed by atoms with van der Waals surface area (Å²) in [4.78, 5) is 12.0. The average Bonchev–Trinajstić information content (AvgIpc) is 2.62. The van der Waals surface area contributed by atoms with Gasteiger partial charge in [0.2, 0.25) is 0 Å². The number of rotatable bonds is 5. The first-order valence-corrected chi connectivity index (χ1v) is 7.82. The average molecular weight is 342 g/mol. The van der Waals surface area contributed by atoms with Gasteiger partial charge >= 0.3 is 11.6 Å². The van der Waals surface area contributed by atoms with Crippen LogP contribution in [0.5, 0.6) is 5.95 Å². The van der Waals surface area contributed by atoms with Gasteiger partial charge in [-0.3, -0.25) is 0 Å². The Balaban J connectivity index is 1.78. The highest BCUT2D eigenvalue weighted by Crippen LogP contribution is 2.31. The summed E-state index contributed by atoms with van der Waals surface area (Å²) in [6.07, 6.45) is 4.05. The summed E-state index contributed by atoms with van der Waals surface area (Å²) in [5, 5.41) is 4.56. The van der Waals surface area contributed by atoms with E-state index >= 15 is 0 Å². The van der Waals surface area contributed by atoms with Crippen LogP contribution in [-0.2, 0) is 0 Å². The van der Waals surface area contributed by atoms with Gasteiger partial charge in [-0.1, -0.05) is 60.2 Å². The smallest absolute Gasteiger partial charge is 0.346 e. The van der Waals surface area contributed by atoms with Gasteiger partial charge in [0.15, 0.2) is 0 Å². The molecule has 3 rings (SSSR count). The van der Waals surface area contributed by atoms with Crippen molar-refractivity contribution in [2.45, 2.75) is 0 Å². The zero-order chi connectivity index (χ0) is 16.9. The molecule has 0 aliphatic heterocycles. The summed E-state index contributed by atoms with van der Waals surface area (Å²) in [5.74, 6) is 0.0284. The van der Waals surface area contributed by atoms with Gasteiger partial charge in [0.05, 0.1) is 12.5 Å². The first-order chi connectivity index (χ1) is 11.7. The molecule has 0 aliphatic rings. The van der Waals surface area contributed by atoms with Gasteiger partial charge in [-0.05, 0) is 17.7 Å². The van der Waals surface area contributed by atoms with Crippen LogP contribution in [0.1, 0.15) is 5.56 Å². The van der Waals surface area contributed by atoms with Crippen LogP contribution < -0.4 is 15.7 Å². The van der Waals surface area contributed by atoms with E-state index in [0.29, 0.717) is 22.3 Å². The Hall–Kier alpha value is -2.72. The van der Waals surface area contributed by atoms with Crippen molar-refractivity contribution < 1.29 is 9.15 Å². The van der Waals surface area contributed by atoms with Crippen LogP contribution in [-0.4, -0.2) is 13.7 Å². The molecule has 122 valence electrons. The van der Waals surface area contributed by atoms with E-state index in [4.69, 9.17) is 20.8 Å². The number of ether oxygens (including phenoxy) is 1. The van der Waals surface area contributed by atoms with E-state index in [1.54, 1.807) is 12.1 Å². The summed E-state index contributed by atoms with van der Waals surface area (Å²) < 4.78 is 10.0. The van der Waals surface area contributed by atoms with Gasteiger partial charge in [0.1, 0.15) is 5.02 Å². The second-order valence-corrected chi connectivity index (χ2v) is 5.53. The summed E-state index contributed by atoms with van der Waals surface area (Å²) in [5.41, 5.74) is 1.47. The van der Waals surface area contributed by atoms with Gasteiger partial charge in [-0.15, -0.1) is 0 Å². The number of methoxy groups -OCH3 is 1. The van der Waals surface area contributed by atoms with E-state index < -0.39 is 5.63 Å². The molecule has 0 fully saturated rings. The molecule has 0 saturated carbocycles. The molecular weight excluding hydrogens is 326 g/mol. The number of hydrogen-bond acceptors (Lipinski definition) is 4. The number of nitrogens with one attached hydrogen (secondary N) is 1. The minimum absolute atomic E-state index is 0.0284. The van der Waals surface area contributed by atoms with Crippen molar-refractivity contribution in [3.63, 3.8) is 0 Å². The molecule has 1 heterocycles. The Morgan fingerprint density at radius 2 is 1.96 bits per heavy atom. The highest BCUT2D eigenvalue weighted by molar-refractivity contribution is 6.36. The maximum Gasteiger partial charge on any atom is 0.346 e. The lowest BCUT2D eigenvalue weighted by molar-refractivity contribution is 0.289. The Bertz CT molecular complexity index is 932. The van der Waals surface area contributed by atoms with Crippen molar-refractivity contribution >= 4 is 34.1 Å². The lowest BCUT2D eigenvalue weighted by Gasteiger charge is -2.07. The Morgan fingerprint density at radius 3 is 2.71 bits per heavy atom. The van der Waals surface area contributed by atoms with Crippen molar-refractivity contribution in [3.8, 4) is 5.95 Å². The van der Waals surface area contributed by atoms with Crippen molar-refractivity contribution in [3.05, 3.63) is 75.6 Å². The van der Waals surface area contributed by atoms with Crippen molar-refractivity contribution in [1.82, 2.24) is 0 Å². The zero-order valence-corrected chi connectivity index (χ0v) is 13.8. The molecule has 0 aliphatic carbocycles. The van der Waals surface area contributed by atoms with Gasteiger partial charge in [0, 0.05) is 17.6 Å². The summed E-state index contributed by atoms with van der Waals surface area (Å²) >= 11 is 6.17. The van der Waals surface area contributed by atoms with Crippen LogP contribution in [0.15, 0.2) is 63.8 Å². The van der Waals surface area contributed by atoms with Crippen LogP contribution in [0, 0.1) is 0 Å². The lowest BCUT2D eigenvalue weighted by atomic mass is 10.1. The van der Waals surface area contributed by atoms with Gasteiger partial charge < -0.3 is 14.5 Å². The predicted molar refractivity (Wildman–Crippen MR) is 98.0 cm³/mol. The highest BCUT2D eigenvalue weighted by Gasteiger charge is 2.12. The Kier molecular flexibility index (Phi) is 4.87. The molecule has 3 aromatic rings. The first kappa shape index (κ1) is 16.1. The van der Waals surface area contributed by atoms with Crippen molar-refractivity contribution in [2.75, 3.05) is 19.0 Å². The molecule has 0 saturated heterocycles. The van der Waals surface area contributed by atoms with Crippen LogP contribution >= 0.6 is 11.6 Å². The van der Waals surface area contributed by atoms with Crippen LogP contribution in [0.2, 0.25) is 5.02 Å². The van der Waals surface area contributed by atoms with E-state index in [9.17, 15) is 4.79 Å². The number of fused-ring (bicyclic) bond motifs is 1. The fourth-order valence-electron chi connectivity index (χ4n) is 2.38. The molecule has 0 spiro atoms. The molecule has 1 aromatic heterocycles. The summed E-state index contributed by atoms with van der Waals surface area (Å²) in [6.45, 7) is 0.635. The number of hydrogen-bond donors (Lipinski definition) is 1. The highest BCUT2D eigenvalue weighted by atomic mass is 35.5. The second kappa shape index (κ2) is 7.23. The molecule has 5 heteroatoms. The largest absolute Gasteiger partial charge is 0.467 e. The minimum Gasteiger partial charge on any atom is -0.467 e. The molecule has 0 amide bonds. The van der Waals surface area contributed by atoms with E-state index in [1.807, 2.05) is 48.6 Å². The monoisotopic (exact) mass is 341 g/mol. The Labute approximate surface area is 144 Å². The zero-order valence-electron chi connectivity index (χ0n) is 13.1. The van der Waals surface area contributed by atoms with Gasteiger partial charge in [-0.2, -0.15) is 0 Å². The van der Waals surface area contributed by atoms with Crippen LogP contribution in [0.3, 0.4) is 0 Å². The van der Waals surface area contributed by atoms with E-state index in [-0.39, 0.29) is 5.95 Å². The summed E-state index contributed by atoms with van der Waals surface area (Å²) in [7, 11) is 1.41. The number of benzene rings is 2. The standard InChI is InChI=1S/C19H16ClNO3/c1-23-19-17(20)15-10-9-14(12-16(15)18(22)24-19)21-11-5-8-13-6-3-2-4-7-13/h2-10,12,21H,11H2,1H3/b8-5+. The molecule has 0 radical (unpaired) electrons. The number of halogens is 1. The van der Waals surface area contributed by atoms with Crippen LogP contribution in [0.4, 0.5) is 5.69 Å². The predicted octanol–water partition coefficient (Wildman–Crippen LogP) is 4.58. The molecule has 4 nitrogen and oxygen atoms in total. The third-order valence-electron chi connectivity index (χ3n) is 3.56. The molecule has 0 bridgehead atoms. The van der Waals surface area contributed by atoms with E-state index in [2.05, 4.69) is 5.32 Å². The SMILES string of the molecule is COc1oc(=O)c2cc(NC/C=C/c3ccccc3)ccc2c1Cl. The maximum atomic E-state index is 12.0. The molecule has 2 aromatic carbocycles. The fraction of sp³-hybridized carbons (Fsp3) is 0.105. The molecule has 24 heavy (non-hydrogen) atoms. The molecular formula is C19H16ClNO3. The second-order valence-electron chi connectivity index (χ2n) is 5.15. The topological polar surface area (TPSA) is 51.5 Å². The van der Waals surface area contributed by atoms with Crippen molar-refractivity contribution in [2.24, 2.45) is 0 Å². The number of anilines is 1. The third-order valence-corrected chi connectivity index (χ3v) is 3.92. The third kappa shape index (κ3) is 3.44. The lowest BCUT2D eigenvalue weighted by Crippen LogP contribution is -2.04. The molecule has 0 unspecified atom stereocenters. The van der Waals surface area contributed by atoms with Gasteiger partial charge in [-0.25, -0.2) is 4.79 Å². The van der Waals surface area contributed by atoms with Crippen LogP contribution in [0.25, 0.3) is 16.8 Å². The van der Waals surface area contributed by atoms with Crippen molar-refractivity contribution in [1.29, 1.82) is 0 Å². The van der Waals surface area contributed by atoms with E-state index in [1.165, 1.54) is 7.11 Å². The minimum atomic E-state index is -0.477. The normalized spacial score (nSPS) is 11.1. The molecule has 0 atom stereocenters. The maximum absolute atomic E-state index is 12.0. The quantitative estimate of drug-likeness (QED) is 0.738. The Morgan fingerprint density at radius 1 is 1.17 bits per heavy atom. The molecule has 1 N–H and O–H groups in total. The fourth-order valence-corrected chi connectivity index (χ4v) is 2.66. The van der Waals surface area contributed by atoms with E-state index in [0.717, 1.165) is 11.3 Å². The van der Waals surface area contributed by atoms with Gasteiger partial charge in [0.25, 0.3) is 0 Å². The summed E-state index contributed by atoms with van der Waals surface area (Å²) in [6, 6.07) is 15.4. The first-order valence-electron chi connectivity index (χ1n) is 7.45.